The van der Waals surface area contributed by atoms with E-state index < -0.39 is 11.3 Å². The number of hydrogen-bond donors (Lipinski definition) is 2. The average molecular weight is 238 g/mol. The van der Waals surface area contributed by atoms with Gasteiger partial charge in [0.05, 0.1) is 0 Å². The fraction of sp³-hybridized carbons (Fsp3) is 0.857. The van der Waals surface area contributed by atoms with Crippen LogP contribution in [0.25, 0.3) is 0 Å². The van der Waals surface area contributed by atoms with E-state index in [1.807, 2.05) is 13.8 Å². The molecule has 15 heavy (non-hydrogen) atoms. The molecule has 0 aromatic carbocycles. The number of ether oxygens (including phenoxy) is 1. The van der Waals surface area contributed by atoms with E-state index in [2.05, 4.69) is 14.2 Å². The molecule has 0 spiro atoms. The smallest absolute Gasteiger partial charge is 0.310 e. The van der Waals surface area contributed by atoms with Crippen LogP contribution in [0.1, 0.15) is 20.3 Å². The molecule has 0 saturated carbocycles. The second-order valence-electron chi connectivity index (χ2n) is 2.36. The van der Waals surface area contributed by atoms with Gasteiger partial charge in [0.25, 0.3) is 0 Å². The zero-order chi connectivity index (χ0) is 11.7. The van der Waals surface area contributed by atoms with Crippen molar-refractivity contribution in [2.45, 2.75) is 20.3 Å². The number of nitrogens with zero attached hydrogens (tertiary/aromatic N) is 2. The molecule has 0 amide bonds. The predicted octanol–water partition coefficient (Wildman–Crippen LogP) is -0.306. The second kappa shape index (κ2) is 8.60. The van der Waals surface area contributed by atoms with Crippen LogP contribution in [0.3, 0.4) is 0 Å². The summed E-state index contributed by atoms with van der Waals surface area (Å²) in [6, 6.07) is 0. The van der Waals surface area contributed by atoms with Crippen molar-refractivity contribution >= 4 is 17.2 Å². The number of methoxy groups -OCH3 is 1. The highest BCUT2D eigenvalue weighted by molar-refractivity contribution is 7.79. The number of nitrogens with one attached hydrogen (secondary N) is 1. The van der Waals surface area contributed by atoms with Gasteiger partial charge >= 0.3 is 11.3 Å². The van der Waals surface area contributed by atoms with Crippen molar-refractivity contribution in [2.24, 2.45) is 10.2 Å². The Balaban J connectivity index is 0.000000921. The molecule has 0 aromatic rings. The number of rotatable bonds is 4. The molecule has 0 aliphatic carbocycles. The monoisotopic (exact) mass is 238 g/mol. The highest BCUT2D eigenvalue weighted by Crippen LogP contribution is 1.97. The molecular formula is C7H18N4O3S. The van der Waals surface area contributed by atoms with Crippen LogP contribution in [0, 0.1) is 0 Å². The lowest BCUT2D eigenvalue weighted by Gasteiger charge is -2.15. The molecular weight excluding hydrogens is 220 g/mol. The van der Waals surface area contributed by atoms with Crippen LogP contribution in [0.5, 0.6) is 0 Å². The fourth-order valence-corrected chi connectivity index (χ4v) is 1.24. The van der Waals surface area contributed by atoms with Gasteiger partial charge in [-0.05, 0) is 6.42 Å². The summed E-state index contributed by atoms with van der Waals surface area (Å²) in [6.45, 7) is 5.17. The van der Waals surface area contributed by atoms with Gasteiger partial charge in [-0.25, -0.2) is 15.5 Å². The maximum absolute atomic E-state index is 10.6. The minimum Gasteiger partial charge on any atom is -0.385 e. The van der Waals surface area contributed by atoms with E-state index in [-0.39, 0.29) is 5.96 Å². The van der Waals surface area contributed by atoms with Gasteiger partial charge in [-0.3, -0.25) is 5.01 Å². The van der Waals surface area contributed by atoms with Gasteiger partial charge in [0.15, 0.2) is 0 Å². The molecule has 8 heteroatoms. The van der Waals surface area contributed by atoms with E-state index in [1.165, 1.54) is 5.01 Å². The highest BCUT2D eigenvalue weighted by Gasteiger charge is 2.16. The van der Waals surface area contributed by atoms with E-state index >= 15 is 0 Å². The molecule has 1 aliphatic rings. The maximum Gasteiger partial charge on any atom is 0.310 e. The molecule has 1 aliphatic heterocycles. The van der Waals surface area contributed by atoms with E-state index in [1.54, 1.807) is 7.11 Å². The Bertz CT molecular complexity index is 224. The molecule has 3 N–H and O–H groups in total. The van der Waals surface area contributed by atoms with E-state index in [0.29, 0.717) is 13.2 Å². The Hall–Kier alpha value is -0.700. The Kier molecular flexibility index (Phi) is 8.19. The molecule has 1 atom stereocenters. The molecule has 1 unspecified atom stereocenters. The molecule has 7 nitrogen and oxygen atoms in total. The van der Waals surface area contributed by atoms with Crippen LogP contribution in [0.4, 0.5) is 0 Å². The van der Waals surface area contributed by atoms with Gasteiger partial charge in [-0.15, -0.1) is 4.40 Å². The molecule has 90 valence electrons. The van der Waals surface area contributed by atoms with Crippen LogP contribution in [-0.4, -0.2) is 35.4 Å². The topological polar surface area (TPSA) is 89.2 Å². The molecule has 0 aromatic heterocycles. The normalized spacial score (nSPS) is 18.7. The lowest BCUT2D eigenvalue weighted by Crippen LogP contribution is -2.44. The van der Waals surface area contributed by atoms with Crippen molar-refractivity contribution in [3.05, 3.63) is 0 Å². The predicted molar refractivity (Wildman–Crippen MR) is 58.5 cm³/mol. The maximum atomic E-state index is 10.6. The average Bonchev–Trinajstić information content (AvgIpc) is 2.68. The summed E-state index contributed by atoms with van der Waals surface area (Å²) in [4.78, 5) is 0. The minimum atomic E-state index is -1.66. The summed E-state index contributed by atoms with van der Waals surface area (Å²) >= 11 is -1.66. The third-order valence-electron chi connectivity index (χ3n) is 1.38. The lowest BCUT2D eigenvalue weighted by molar-refractivity contribution is 0.183. The number of nitrogens with two attached hydrogens (primary N) is 1. The first-order valence-corrected chi connectivity index (χ1v) is 5.72. The van der Waals surface area contributed by atoms with Gasteiger partial charge in [0, 0.05) is 20.3 Å². The Labute approximate surface area is 92.3 Å². The largest absolute Gasteiger partial charge is 0.385 e. The van der Waals surface area contributed by atoms with Crippen molar-refractivity contribution < 1.29 is 13.2 Å². The minimum absolute atomic E-state index is 0.273. The molecule has 0 bridgehead atoms. The van der Waals surface area contributed by atoms with Crippen molar-refractivity contribution in [2.75, 3.05) is 20.3 Å². The first-order valence-electron chi connectivity index (χ1n) is 4.69. The Morgan fingerprint density at radius 2 is 2.33 bits per heavy atom. The molecule has 0 radical (unpaired) electrons. The highest BCUT2D eigenvalue weighted by atomic mass is 32.2. The van der Waals surface area contributed by atoms with Gasteiger partial charge < -0.3 is 4.74 Å². The summed E-state index contributed by atoms with van der Waals surface area (Å²) in [5, 5.41) is 1.32. The molecule has 1 rings (SSSR count). The summed E-state index contributed by atoms with van der Waals surface area (Å²) in [5.74, 6) is 5.82. The Morgan fingerprint density at radius 3 is 2.80 bits per heavy atom. The van der Waals surface area contributed by atoms with E-state index in [4.69, 9.17) is 10.6 Å². The third kappa shape index (κ3) is 5.67. The quantitative estimate of drug-likeness (QED) is 0.397. The zero-order valence-corrected chi connectivity index (χ0v) is 10.0. The molecule has 0 fully saturated rings. The van der Waals surface area contributed by atoms with Gasteiger partial charge in [-0.1, -0.05) is 13.8 Å². The fourth-order valence-electron chi connectivity index (χ4n) is 0.777. The van der Waals surface area contributed by atoms with Crippen molar-refractivity contribution in [1.29, 1.82) is 0 Å². The number of hydrazine groups is 1. The first kappa shape index (κ1) is 14.3. The van der Waals surface area contributed by atoms with Crippen molar-refractivity contribution in [1.82, 2.24) is 10.5 Å². The van der Waals surface area contributed by atoms with E-state index in [0.717, 1.165) is 6.42 Å². The van der Waals surface area contributed by atoms with Crippen LogP contribution < -0.4 is 11.3 Å². The number of hydroxylamine groups is 1. The molecule has 0 saturated heterocycles. The van der Waals surface area contributed by atoms with Gasteiger partial charge in [0.2, 0.25) is 5.96 Å². The number of guanidine groups is 1. The second-order valence-corrected chi connectivity index (χ2v) is 3.14. The van der Waals surface area contributed by atoms with Crippen molar-refractivity contribution in [3.8, 4) is 0 Å². The third-order valence-corrected chi connectivity index (χ3v) is 1.93. The van der Waals surface area contributed by atoms with Crippen molar-refractivity contribution in [3.63, 3.8) is 0 Å². The summed E-state index contributed by atoms with van der Waals surface area (Å²) in [7, 11) is 1.62. The Morgan fingerprint density at radius 1 is 1.67 bits per heavy atom. The van der Waals surface area contributed by atoms with Gasteiger partial charge in [-0.2, -0.15) is 4.28 Å². The van der Waals surface area contributed by atoms with Gasteiger partial charge in [0.1, 0.15) is 0 Å². The summed E-state index contributed by atoms with van der Waals surface area (Å²) in [5.41, 5.74) is 2.34. The van der Waals surface area contributed by atoms with Crippen LogP contribution in [0.2, 0.25) is 0 Å². The number of hydrogen-bond acceptors (Lipinski definition) is 6. The zero-order valence-electron chi connectivity index (χ0n) is 9.23. The molecule has 1 heterocycles. The summed E-state index contributed by atoms with van der Waals surface area (Å²) in [6.07, 6.45) is 0.764. The summed E-state index contributed by atoms with van der Waals surface area (Å²) < 4.78 is 23.5. The SMILES string of the molecule is CC.COCCCN(N)C1=NS(=O)ON1. The first-order chi connectivity index (χ1) is 7.24. The standard InChI is InChI=1S/C5H12N4O3S.C2H6/c1-11-4-2-3-9(6)5-7-12-13(10)8-5;1-2/h2-4,6H2,1H3,(H,7,8);1-2H3. The van der Waals surface area contributed by atoms with Crippen LogP contribution in [0.15, 0.2) is 4.40 Å². The lowest BCUT2D eigenvalue weighted by atomic mass is 10.4. The van der Waals surface area contributed by atoms with Crippen LogP contribution in [-0.2, 0) is 20.3 Å². The van der Waals surface area contributed by atoms with Crippen LogP contribution >= 0.6 is 0 Å². The van der Waals surface area contributed by atoms with E-state index in [9.17, 15) is 4.21 Å².